The number of fused-ring (bicyclic) bond motifs is 2. The third kappa shape index (κ3) is 6.93. The number of hydrogen-bond acceptors (Lipinski definition) is 0. The van der Waals surface area contributed by atoms with Crippen LogP contribution < -0.4 is 24.8 Å². The van der Waals surface area contributed by atoms with Crippen LogP contribution in [0, 0.1) is 5.92 Å². The molecule has 0 spiro atoms. The normalized spacial score (nSPS) is 17.0. The van der Waals surface area contributed by atoms with Gasteiger partial charge in [-0.15, -0.1) is 0 Å². The van der Waals surface area contributed by atoms with Gasteiger partial charge in [0.2, 0.25) is 0 Å². The summed E-state index contributed by atoms with van der Waals surface area (Å²) in [5, 5.41) is 0. The van der Waals surface area contributed by atoms with Crippen LogP contribution in [-0.2, 0) is 34.1 Å². The van der Waals surface area contributed by atoms with Crippen LogP contribution in [0.2, 0.25) is 0 Å². The van der Waals surface area contributed by atoms with Gasteiger partial charge in [-0.2, -0.15) is 0 Å². The SMILES string of the molecule is CC1=Cc2c(-c3ccc(C(C)(C)C)cc3)cccc2[CH]1[Zr+2][CH]1C(C(C)C)=Cc2c(-c3ccc(C(C)(C)C)cc3)cccc21.[Cl-].[Cl-]. The molecule has 4 aromatic rings. The number of allylic oxidation sites excluding steroid dienone is 2. The topological polar surface area (TPSA) is 0 Å². The third-order valence-corrected chi connectivity index (χ3v) is 14.6. The molecule has 0 N–H and O–H groups in total. The van der Waals surface area contributed by atoms with E-state index in [1.54, 1.807) is 22.3 Å². The van der Waals surface area contributed by atoms with Gasteiger partial charge in [-0.1, -0.05) is 0 Å². The molecule has 2 aliphatic rings. The van der Waals surface area contributed by atoms with Gasteiger partial charge in [-0.05, 0) is 0 Å². The minimum Gasteiger partial charge on any atom is -1.00 e. The summed E-state index contributed by atoms with van der Waals surface area (Å²) < 4.78 is 1.20. The summed E-state index contributed by atoms with van der Waals surface area (Å²) in [5.41, 5.74) is 17.8. The second-order valence-electron chi connectivity index (χ2n) is 15.0. The number of benzene rings is 4. The molecule has 0 heterocycles. The van der Waals surface area contributed by atoms with E-state index in [2.05, 4.69) is 159 Å². The van der Waals surface area contributed by atoms with Gasteiger partial charge in [-0.3, -0.25) is 0 Å². The summed E-state index contributed by atoms with van der Waals surface area (Å²) in [5.74, 6) is 0.548. The molecule has 232 valence electrons. The fourth-order valence-corrected chi connectivity index (χ4v) is 12.1. The molecule has 2 unspecified atom stereocenters. The molecule has 2 atom stereocenters. The van der Waals surface area contributed by atoms with Crippen LogP contribution >= 0.6 is 0 Å². The van der Waals surface area contributed by atoms with Gasteiger partial charge >= 0.3 is 273 Å². The first-order chi connectivity index (χ1) is 20.3. The van der Waals surface area contributed by atoms with E-state index in [4.69, 9.17) is 0 Å². The van der Waals surface area contributed by atoms with Crippen LogP contribution in [0.25, 0.3) is 34.4 Å². The molecular formula is C42H46Cl2Zr. The van der Waals surface area contributed by atoms with Crippen molar-refractivity contribution in [1.29, 1.82) is 0 Å². The number of rotatable bonds is 5. The Bertz CT molecular complexity index is 1730. The average molecular weight is 713 g/mol. The molecule has 0 aromatic heterocycles. The molecule has 4 aromatic carbocycles. The van der Waals surface area contributed by atoms with Gasteiger partial charge in [0.1, 0.15) is 0 Å². The van der Waals surface area contributed by atoms with Crippen LogP contribution in [0.3, 0.4) is 0 Å². The Morgan fingerprint density at radius 1 is 0.556 bits per heavy atom. The Morgan fingerprint density at radius 2 is 0.978 bits per heavy atom. The van der Waals surface area contributed by atoms with E-state index in [0.29, 0.717) is 13.2 Å². The summed E-state index contributed by atoms with van der Waals surface area (Å²) in [6.45, 7) is 20.9. The van der Waals surface area contributed by atoms with Crippen molar-refractivity contribution < 1.29 is 48.0 Å². The molecule has 6 rings (SSSR count). The standard InChI is InChI=1S/C22H25.C20H21.2ClH.Zr/c1-15(2)18-13-17-7-6-8-20(21(17)14-18)16-9-11-19(12-10-16)22(3,4)5;1-14-12-16-6-5-7-18(19(16)13-14)15-8-10-17(11-9-15)20(2,3)4;;;/h6-15H,1-5H3;5-13H,1-4H3;2*1H;/q;;;;+2/p-2. The van der Waals surface area contributed by atoms with Gasteiger partial charge in [0.25, 0.3) is 0 Å². The molecule has 0 bridgehead atoms. The second kappa shape index (κ2) is 13.5. The van der Waals surface area contributed by atoms with Gasteiger partial charge in [0, 0.05) is 0 Å². The smallest absolute Gasteiger partial charge is 1.00 e. The monoisotopic (exact) mass is 710 g/mol. The van der Waals surface area contributed by atoms with Gasteiger partial charge in [0.05, 0.1) is 0 Å². The van der Waals surface area contributed by atoms with Gasteiger partial charge < -0.3 is 24.8 Å². The zero-order valence-electron chi connectivity index (χ0n) is 28.2. The first-order valence-corrected chi connectivity index (χ1v) is 18.8. The van der Waals surface area contributed by atoms with E-state index in [1.165, 1.54) is 44.5 Å². The minimum absolute atomic E-state index is 0. The van der Waals surface area contributed by atoms with Crippen molar-refractivity contribution in [3.8, 4) is 22.3 Å². The molecule has 0 aliphatic heterocycles. The fraction of sp³-hybridized carbons (Fsp3) is 0.333. The van der Waals surface area contributed by atoms with Crippen LogP contribution in [0.4, 0.5) is 0 Å². The van der Waals surface area contributed by atoms with Crippen LogP contribution in [0.5, 0.6) is 0 Å². The largest absolute Gasteiger partial charge is 1.00 e. The maximum Gasteiger partial charge on any atom is -1.00 e. The maximum absolute atomic E-state index is 2.57. The van der Waals surface area contributed by atoms with E-state index in [0.717, 1.165) is 0 Å². The van der Waals surface area contributed by atoms with Gasteiger partial charge in [-0.25, -0.2) is 0 Å². The molecule has 0 radical (unpaired) electrons. The zero-order valence-corrected chi connectivity index (χ0v) is 32.2. The Kier molecular flexibility index (Phi) is 10.7. The Labute approximate surface area is 296 Å². The average Bonchev–Trinajstić information content (AvgIpc) is 3.50. The molecule has 45 heavy (non-hydrogen) atoms. The maximum atomic E-state index is 2.57. The van der Waals surface area contributed by atoms with Crippen molar-refractivity contribution in [2.45, 2.75) is 80.4 Å². The molecule has 0 nitrogen and oxygen atoms in total. The van der Waals surface area contributed by atoms with E-state index < -0.39 is 23.2 Å². The van der Waals surface area contributed by atoms with Crippen molar-refractivity contribution in [2.24, 2.45) is 5.92 Å². The van der Waals surface area contributed by atoms with E-state index in [-0.39, 0.29) is 35.6 Å². The van der Waals surface area contributed by atoms with E-state index >= 15 is 0 Å². The molecule has 0 fully saturated rings. The predicted octanol–water partition coefficient (Wildman–Crippen LogP) is 5.96. The molecular weight excluding hydrogens is 667 g/mol. The number of hydrogen-bond donors (Lipinski definition) is 0. The van der Waals surface area contributed by atoms with Crippen molar-refractivity contribution in [3.63, 3.8) is 0 Å². The Hall–Kier alpha value is -2.18. The van der Waals surface area contributed by atoms with Crippen molar-refractivity contribution in [2.75, 3.05) is 0 Å². The van der Waals surface area contributed by atoms with Crippen LogP contribution in [0.15, 0.2) is 96.1 Å². The molecule has 0 saturated carbocycles. The van der Waals surface area contributed by atoms with Crippen LogP contribution in [0.1, 0.15) is 103 Å². The van der Waals surface area contributed by atoms with Crippen molar-refractivity contribution in [3.05, 3.63) is 129 Å². The Balaban J connectivity index is 0.00000230. The zero-order chi connectivity index (χ0) is 30.7. The summed E-state index contributed by atoms with van der Waals surface area (Å²) in [6, 6.07) is 32.7. The van der Waals surface area contributed by atoms with E-state index in [9.17, 15) is 0 Å². The number of halogens is 2. The summed E-state index contributed by atoms with van der Waals surface area (Å²) in [6.07, 6.45) is 5.08. The molecule has 0 saturated heterocycles. The molecule has 2 aliphatic carbocycles. The predicted molar refractivity (Wildman–Crippen MR) is 183 cm³/mol. The Morgan fingerprint density at radius 3 is 1.40 bits per heavy atom. The quantitative estimate of drug-likeness (QED) is 0.240. The second-order valence-corrected chi connectivity index (χ2v) is 18.6. The summed E-state index contributed by atoms with van der Waals surface area (Å²) in [7, 11) is 0. The van der Waals surface area contributed by atoms with Crippen molar-refractivity contribution >= 4 is 12.2 Å². The molecule has 3 heteroatoms. The molecule has 0 amide bonds. The van der Waals surface area contributed by atoms with Crippen molar-refractivity contribution in [1.82, 2.24) is 0 Å². The third-order valence-electron chi connectivity index (χ3n) is 9.50. The summed E-state index contributed by atoms with van der Waals surface area (Å²) >= 11 is -0.947. The van der Waals surface area contributed by atoms with Crippen LogP contribution in [-0.4, -0.2) is 0 Å². The van der Waals surface area contributed by atoms with Gasteiger partial charge in [0.15, 0.2) is 0 Å². The summed E-state index contributed by atoms with van der Waals surface area (Å²) in [4.78, 5) is 0. The first kappa shape index (κ1) is 35.7. The fourth-order valence-electron chi connectivity index (χ4n) is 6.85. The minimum atomic E-state index is -0.947. The first-order valence-electron chi connectivity index (χ1n) is 16.0. The van der Waals surface area contributed by atoms with E-state index in [1.807, 2.05) is 0 Å².